The molecule has 0 aliphatic carbocycles. The maximum absolute atomic E-state index is 5.70. The molecule has 0 aliphatic rings. The maximum atomic E-state index is 5.70. The zero-order valence-corrected chi connectivity index (χ0v) is 10.3. The van der Waals surface area contributed by atoms with Crippen LogP contribution in [-0.4, -0.2) is 21.8 Å². The van der Waals surface area contributed by atoms with Crippen molar-refractivity contribution in [1.82, 2.24) is 14.8 Å². The average Bonchev–Trinajstić information content (AvgIpc) is 2.69. The van der Waals surface area contributed by atoms with Crippen LogP contribution in [0.3, 0.4) is 0 Å². The van der Waals surface area contributed by atoms with Gasteiger partial charge in [-0.05, 0) is 11.6 Å². The minimum atomic E-state index is 0. The molecule has 0 saturated carbocycles. The van der Waals surface area contributed by atoms with E-state index in [4.69, 9.17) is 11.6 Å². The highest BCUT2D eigenvalue weighted by atomic mass is 35.5. The van der Waals surface area contributed by atoms with Crippen LogP contribution in [0.1, 0.15) is 5.56 Å². The van der Waals surface area contributed by atoms with E-state index in [1.54, 1.807) is 18.5 Å². The van der Waals surface area contributed by atoms with Crippen LogP contribution in [0, 0.1) is 0 Å². The number of nitrogens with zero attached hydrogens (tertiary/aromatic N) is 3. The highest BCUT2D eigenvalue weighted by Crippen LogP contribution is 2.08. The summed E-state index contributed by atoms with van der Waals surface area (Å²) in [5, 5.41) is 7.73. The van der Waals surface area contributed by atoms with E-state index in [-0.39, 0.29) is 12.4 Å². The van der Waals surface area contributed by atoms with E-state index in [9.17, 15) is 0 Å². The van der Waals surface area contributed by atoms with Gasteiger partial charge in [-0.25, -0.2) is 4.98 Å². The van der Waals surface area contributed by atoms with Crippen LogP contribution in [0.4, 0.5) is 5.69 Å². The molecule has 2 aromatic rings. The second-order valence-electron chi connectivity index (χ2n) is 3.17. The summed E-state index contributed by atoms with van der Waals surface area (Å²) in [5.41, 5.74) is 2.07. The molecule has 86 valence electrons. The van der Waals surface area contributed by atoms with Gasteiger partial charge in [-0.3, -0.25) is 4.68 Å². The Morgan fingerprint density at radius 3 is 2.75 bits per heavy atom. The first-order valence-electron chi connectivity index (χ1n) is 4.58. The molecule has 2 rings (SSSR count). The van der Waals surface area contributed by atoms with Crippen molar-refractivity contribution in [3.8, 4) is 0 Å². The summed E-state index contributed by atoms with van der Waals surface area (Å²) < 4.78 is 1.84. The highest BCUT2D eigenvalue weighted by molar-refractivity contribution is 6.29. The average molecular weight is 259 g/mol. The van der Waals surface area contributed by atoms with E-state index in [2.05, 4.69) is 15.4 Å². The summed E-state index contributed by atoms with van der Waals surface area (Å²) >= 11 is 5.70. The van der Waals surface area contributed by atoms with Gasteiger partial charge in [0.05, 0.1) is 18.4 Å². The standard InChI is InChI=1S/C10H11ClN4.ClH/c1-12-9-5-14-15(7-9)6-8-2-3-10(11)13-4-8;/h2-5,7,12H,6H2,1H3;1H. The Balaban J connectivity index is 0.00000128. The number of nitrogens with one attached hydrogen (secondary N) is 1. The summed E-state index contributed by atoms with van der Waals surface area (Å²) in [6, 6.07) is 3.72. The third-order valence-corrected chi connectivity index (χ3v) is 2.28. The minimum absolute atomic E-state index is 0. The van der Waals surface area contributed by atoms with E-state index in [1.165, 1.54) is 0 Å². The third-order valence-electron chi connectivity index (χ3n) is 2.06. The Morgan fingerprint density at radius 1 is 1.38 bits per heavy atom. The van der Waals surface area contributed by atoms with Crippen molar-refractivity contribution < 1.29 is 0 Å². The van der Waals surface area contributed by atoms with E-state index in [1.807, 2.05) is 24.0 Å². The number of hydrogen-bond acceptors (Lipinski definition) is 3. The summed E-state index contributed by atoms with van der Waals surface area (Å²) in [6.07, 6.45) is 5.47. The van der Waals surface area contributed by atoms with E-state index >= 15 is 0 Å². The van der Waals surface area contributed by atoms with Gasteiger partial charge < -0.3 is 5.32 Å². The summed E-state index contributed by atoms with van der Waals surface area (Å²) in [7, 11) is 1.87. The molecule has 0 saturated heterocycles. The molecular formula is C10H12Cl2N4. The van der Waals surface area contributed by atoms with Crippen LogP contribution in [-0.2, 0) is 6.54 Å². The van der Waals surface area contributed by atoms with Crippen molar-refractivity contribution in [3.63, 3.8) is 0 Å². The molecule has 2 aromatic heterocycles. The fourth-order valence-corrected chi connectivity index (χ4v) is 1.38. The third kappa shape index (κ3) is 3.12. The number of halogens is 2. The van der Waals surface area contributed by atoms with Gasteiger partial charge in [0.25, 0.3) is 0 Å². The summed E-state index contributed by atoms with van der Waals surface area (Å²) in [6.45, 7) is 0.700. The first-order chi connectivity index (χ1) is 7.28. The maximum Gasteiger partial charge on any atom is 0.129 e. The van der Waals surface area contributed by atoms with Crippen LogP contribution < -0.4 is 5.32 Å². The molecule has 0 unspecified atom stereocenters. The zero-order chi connectivity index (χ0) is 10.7. The predicted octanol–water partition coefficient (Wildman–Crippen LogP) is 2.44. The topological polar surface area (TPSA) is 42.7 Å². The van der Waals surface area contributed by atoms with Crippen LogP contribution in [0.2, 0.25) is 5.15 Å². The van der Waals surface area contributed by atoms with Crippen LogP contribution in [0.5, 0.6) is 0 Å². The van der Waals surface area contributed by atoms with Gasteiger partial charge in [0.2, 0.25) is 0 Å². The van der Waals surface area contributed by atoms with Crippen LogP contribution in [0.15, 0.2) is 30.7 Å². The number of aromatic nitrogens is 3. The molecule has 2 heterocycles. The lowest BCUT2D eigenvalue weighted by molar-refractivity contribution is 0.685. The van der Waals surface area contributed by atoms with Gasteiger partial charge in [0.15, 0.2) is 0 Å². The quantitative estimate of drug-likeness (QED) is 0.861. The van der Waals surface area contributed by atoms with Gasteiger partial charge in [-0.15, -0.1) is 12.4 Å². The Morgan fingerprint density at radius 2 is 2.19 bits per heavy atom. The fraction of sp³-hybridized carbons (Fsp3) is 0.200. The van der Waals surface area contributed by atoms with Crippen molar-refractivity contribution >= 4 is 29.7 Å². The zero-order valence-electron chi connectivity index (χ0n) is 8.72. The molecule has 0 aromatic carbocycles. The molecule has 0 atom stereocenters. The van der Waals surface area contributed by atoms with E-state index in [0.29, 0.717) is 11.7 Å². The molecule has 6 heteroatoms. The highest BCUT2D eigenvalue weighted by Gasteiger charge is 1.98. The molecule has 0 fully saturated rings. The van der Waals surface area contributed by atoms with E-state index in [0.717, 1.165) is 11.3 Å². The molecule has 1 N–H and O–H groups in total. The lowest BCUT2D eigenvalue weighted by atomic mass is 10.3. The smallest absolute Gasteiger partial charge is 0.129 e. The molecule has 0 aliphatic heterocycles. The second-order valence-corrected chi connectivity index (χ2v) is 3.55. The first-order valence-corrected chi connectivity index (χ1v) is 4.96. The number of pyridine rings is 1. The molecule has 16 heavy (non-hydrogen) atoms. The Labute approximate surface area is 105 Å². The molecular weight excluding hydrogens is 247 g/mol. The SMILES string of the molecule is CNc1cnn(Cc2ccc(Cl)nc2)c1.Cl. The van der Waals surface area contributed by atoms with Gasteiger partial charge in [-0.1, -0.05) is 17.7 Å². The first kappa shape index (κ1) is 12.8. The number of rotatable bonds is 3. The van der Waals surface area contributed by atoms with Gasteiger partial charge in [0.1, 0.15) is 5.15 Å². The number of hydrogen-bond donors (Lipinski definition) is 1. The molecule has 0 amide bonds. The monoisotopic (exact) mass is 258 g/mol. The minimum Gasteiger partial charge on any atom is -0.386 e. The lowest BCUT2D eigenvalue weighted by Crippen LogP contribution is -2.00. The van der Waals surface area contributed by atoms with Crippen LogP contribution in [0.25, 0.3) is 0 Å². The van der Waals surface area contributed by atoms with Crippen molar-refractivity contribution in [1.29, 1.82) is 0 Å². The number of anilines is 1. The lowest BCUT2D eigenvalue weighted by Gasteiger charge is -2.00. The molecule has 0 spiro atoms. The van der Waals surface area contributed by atoms with Gasteiger partial charge in [0, 0.05) is 19.4 Å². The Kier molecular flexibility index (Phi) is 4.58. The predicted molar refractivity (Wildman–Crippen MR) is 67.4 cm³/mol. The second kappa shape index (κ2) is 5.72. The summed E-state index contributed by atoms with van der Waals surface area (Å²) in [5.74, 6) is 0. The van der Waals surface area contributed by atoms with Crippen LogP contribution >= 0.6 is 24.0 Å². The van der Waals surface area contributed by atoms with Crippen molar-refractivity contribution in [2.75, 3.05) is 12.4 Å². The van der Waals surface area contributed by atoms with Gasteiger partial charge >= 0.3 is 0 Å². The van der Waals surface area contributed by atoms with E-state index < -0.39 is 0 Å². The van der Waals surface area contributed by atoms with Crippen molar-refractivity contribution in [2.24, 2.45) is 0 Å². The summed E-state index contributed by atoms with van der Waals surface area (Å²) in [4.78, 5) is 4.01. The van der Waals surface area contributed by atoms with Gasteiger partial charge in [-0.2, -0.15) is 5.10 Å². The molecule has 0 bridgehead atoms. The normalized spacial score (nSPS) is 9.62. The molecule has 4 nitrogen and oxygen atoms in total. The van der Waals surface area contributed by atoms with Crippen molar-refractivity contribution in [2.45, 2.75) is 6.54 Å². The fourth-order valence-electron chi connectivity index (χ4n) is 1.27. The Hall–Kier alpha value is -1.26. The van der Waals surface area contributed by atoms with Crippen molar-refractivity contribution in [3.05, 3.63) is 41.4 Å². The largest absolute Gasteiger partial charge is 0.386 e. The molecule has 0 radical (unpaired) electrons. The Bertz CT molecular complexity index is 438.